The van der Waals surface area contributed by atoms with Gasteiger partial charge in [0.15, 0.2) is 6.10 Å². The lowest BCUT2D eigenvalue weighted by Crippen LogP contribution is -2.29. The Morgan fingerprint density at radius 2 is 0.786 bits per heavy atom. The van der Waals surface area contributed by atoms with Crippen molar-refractivity contribution in [3.63, 3.8) is 0 Å². The third-order valence-corrected chi connectivity index (χ3v) is 10.6. The largest absolute Gasteiger partial charge is 0.469 e. The monoisotopic (exact) mass is 811 g/mol. The molecule has 0 fully saturated rings. The number of phosphoric ester groups is 1. The van der Waals surface area contributed by atoms with E-state index in [1.807, 2.05) is 0 Å². The molecule has 0 spiro atoms. The van der Waals surface area contributed by atoms with E-state index in [4.69, 9.17) is 19.3 Å². The van der Waals surface area contributed by atoms with Crippen molar-refractivity contribution < 1.29 is 37.9 Å². The predicted molar refractivity (Wildman–Crippen MR) is 235 cm³/mol. The molecule has 0 amide bonds. The third-order valence-electron chi connectivity index (χ3n) is 10.1. The van der Waals surface area contributed by atoms with Gasteiger partial charge in [-0.3, -0.25) is 14.1 Å². The number of carbonyl (C=O) groups is 2. The fraction of sp³-hybridized carbons (Fsp3) is 0.830. The maximum Gasteiger partial charge on any atom is 0.469 e. The van der Waals surface area contributed by atoms with Crippen LogP contribution in [0.5, 0.6) is 0 Å². The second-order valence-electron chi connectivity index (χ2n) is 15.7. The molecular weight excluding hydrogens is 723 g/mol. The number of phosphoric acid groups is 1. The van der Waals surface area contributed by atoms with Gasteiger partial charge in [0.05, 0.1) is 6.61 Å². The highest BCUT2D eigenvalue weighted by atomic mass is 31.2. The topological polar surface area (TPSA) is 119 Å². The van der Waals surface area contributed by atoms with Crippen molar-refractivity contribution in [2.24, 2.45) is 0 Å². The van der Waals surface area contributed by atoms with E-state index in [2.05, 4.69) is 54.8 Å². The number of hydrogen-bond acceptors (Lipinski definition) is 6. The smallest absolute Gasteiger partial charge is 0.462 e. The molecule has 0 saturated carbocycles. The first-order chi connectivity index (χ1) is 27.3. The lowest BCUT2D eigenvalue weighted by atomic mass is 10.0. The molecule has 0 aromatic rings. The minimum atomic E-state index is -4.77. The zero-order chi connectivity index (χ0) is 41.1. The number of hydrogen-bond donors (Lipinski definition) is 2. The van der Waals surface area contributed by atoms with E-state index in [9.17, 15) is 14.2 Å². The van der Waals surface area contributed by atoms with E-state index in [0.717, 1.165) is 51.4 Å². The average Bonchev–Trinajstić information content (AvgIpc) is 3.17. The van der Waals surface area contributed by atoms with E-state index in [1.54, 1.807) is 0 Å². The van der Waals surface area contributed by atoms with Gasteiger partial charge in [0.2, 0.25) is 0 Å². The lowest BCUT2D eigenvalue weighted by Gasteiger charge is -2.18. The molecule has 0 saturated heterocycles. The quantitative estimate of drug-likeness (QED) is 0.0270. The molecule has 328 valence electrons. The van der Waals surface area contributed by atoms with Gasteiger partial charge in [-0.15, -0.1) is 0 Å². The van der Waals surface area contributed by atoms with Crippen LogP contribution in [0.4, 0.5) is 0 Å². The Balaban J connectivity index is 3.90. The Morgan fingerprint density at radius 1 is 0.446 bits per heavy atom. The summed E-state index contributed by atoms with van der Waals surface area (Å²) >= 11 is 0. The second kappa shape index (κ2) is 42.9. The number of allylic oxidation sites excluding steroid dienone is 6. The van der Waals surface area contributed by atoms with E-state index >= 15 is 0 Å². The van der Waals surface area contributed by atoms with Crippen LogP contribution in [0.15, 0.2) is 36.5 Å². The highest BCUT2D eigenvalue weighted by molar-refractivity contribution is 7.46. The molecule has 1 atom stereocenters. The Bertz CT molecular complexity index is 1000. The highest BCUT2D eigenvalue weighted by Crippen LogP contribution is 2.36. The van der Waals surface area contributed by atoms with Gasteiger partial charge < -0.3 is 19.3 Å². The number of esters is 2. The molecule has 56 heavy (non-hydrogen) atoms. The van der Waals surface area contributed by atoms with Gasteiger partial charge in [0.1, 0.15) is 6.61 Å². The predicted octanol–water partition coefficient (Wildman–Crippen LogP) is 14.5. The minimum absolute atomic E-state index is 0.152. The van der Waals surface area contributed by atoms with Crippen molar-refractivity contribution in [2.45, 2.75) is 238 Å². The summed E-state index contributed by atoms with van der Waals surface area (Å²) < 4.78 is 26.4. The number of ether oxygens (including phenoxy) is 2. The molecule has 9 heteroatoms. The molecule has 0 aliphatic heterocycles. The fourth-order valence-corrected chi connectivity index (χ4v) is 6.98. The molecule has 0 aliphatic carbocycles. The SMILES string of the molecule is CCCCCC/C=C/CCCCCCCCCC(=O)OC[C@H](COP(=O)(O)O)OC(=O)CCC/C=C/CC/C=C/CCCCCCCCCCCCCCCC. The van der Waals surface area contributed by atoms with Crippen LogP contribution in [0.2, 0.25) is 0 Å². The summed E-state index contributed by atoms with van der Waals surface area (Å²) in [5.74, 6) is -0.933. The molecular formula is C47H87O8P. The standard InChI is InChI=1S/C47H87O8P/c1-3-5-7-9-11-13-15-17-19-20-21-22-23-24-25-26-28-30-32-34-36-38-40-42-47(49)55-45(44-54-56(50,51)52)43-53-46(48)41-39-37-35-33-31-29-27-18-16-14-12-10-8-6-4-2/h14,16,26,28,34,36,45H,3-13,15,17-25,27,29-33,35,37-44H2,1-2H3,(H2,50,51,52)/b16-14+,28-26+,36-34+/t45-/m1/s1. The third kappa shape index (κ3) is 45.0. The Morgan fingerprint density at radius 3 is 1.21 bits per heavy atom. The van der Waals surface area contributed by atoms with Gasteiger partial charge in [-0.25, -0.2) is 4.57 Å². The molecule has 0 aromatic carbocycles. The van der Waals surface area contributed by atoms with Crippen LogP contribution < -0.4 is 0 Å². The molecule has 0 bridgehead atoms. The van der Waals surface area contributed by atoms with Crippen LogP contribution in [0.1, 0.15) is 232 Å². The number of unbranched alkanes of at least 4 members (excludes halogenated alkanes) is 27. The Hall–Kier alpha value is -1.73. The Labute approximate surface area is 344 Å². The van der Waals surface area contributed by atoms with Gasteiger partial charge in [-0.1, -0.05) is 185 Å². The summed E-state index contributed by atoms with van der Waals surface area (Å²) in [5, 5.41) is 0. The summed E-state index contributed by atoms with van der Waals surface area (Å²) in [6.07, 6.45) is 51.7. The molecule has 0 unspecified atom stereocenters. The van der Waals surface area contributed by atoms with Crippen LogP contribution in [-0.4, -0.2) is 41.0 Å². The van der Waals surface area contributed by atoms with Crippen molar-refractivity contribution in [1.82, 2.24) is 0 Å². The minimum Gasteiger partial charge on any atom is -0.462 e. The first-order valence-corrected chi connectivity index (χ1v) is 24.8. The zero-order valence-electron chi connectivity index (χ0n) is 36.3. The van der Waals surface area contributed by atoms with Gasteiger partial charge in [0.25, 0.3) is 0 Å². The second-order valence-corrected chi connectivity index (χ2v) is 17.0. The first-order valence-electron chi connectivity index (χ1n) is 23.3. The first kappa shape index (κ1) is 54.3. The van der Waals surface area contributed by atoms with Crippen LogP contribution >= 0.6 is 7.82 Å². The molecule has 0 heterocycles. The Kier molecular flexibility index (Phi) is 41.5. The summed E-state index contributed by atoms with van der Waals surface area (Å²) in [4.78, 5) is 42.9. The normalized spacial score (nSPS) is 12.7. The fourth-order valence-electron chi connectivity index (χ4n) is 6.62. The maximum absolute atomic E-state index is 12.4. The van der Waals surface area contributed by atoms with Crippen LogP contribution in [0.25, 0.3) is 0 Å². The van der Waals surface area contributed by atoms with Crippen LogP contribution in [0, 0.1) is 0 Å². The van der Waals surface area contributed by atoms with E-state index < -0.39 is 32.5 Å². The molecule has 0 aromatic heterocycles. The number of rotatable bonds is 43. The van der Waals surface area contributed by atoms with Crippen molar-refractivity contribution in [2.75, 3.05) is 13.2 Å². The van der Waals surface area contributed by atoms with E-state index in [1.165, 1.54) is 141 Å². The van der Waals surface area contributed by atoms with Gasteiger partial charge in [0, 0.05) is 12.8 Å². The van der Waals surface area contributed by atoms with Crippen molar-refractivity contribution >= 4 is 19.8 Å². The molecule has 0 rings (SSSR count). The lowest BCUT2D eigenvalue weighted by molar-refractivity contribution is -0.161. The molecule has 0 radical (unpaired) electrons. The van der Waals surface area contributed by atoms with E-state index in [-0.39, 0.29) is 19.4 Å². The molecule has 8 nitrogen and oxygen atoms in total. The maximum atomic E-state index is 12.4. The van der Waals surface area contributed by atoms with Crippen LogP contribution in [0.3, 0.4) is 0 Å². The van der Waals surface area contributed by atoms with Crippen molar-refractivity contribution in [3.05, 3.63) is 36.5 Å². The summed E-state index contributed by atoms with van der Waals surface area (Å²) in [5.41, 5.74) is 0. The summed E-state index contributed by atoms with van der Waals surface area (Å²) in [6, 6.07) is 0. The van der Waals surface area contributed by atoms with E-state index in [0.29, 0.717) is 12.8 Å². The zero-order valence-corrected chi connectivity index (χ0v) is 37.2. The van der Waals surface area contributed by atoms with Crippen molar-refractivity contribution in [3.8, 4) is 0 Å². The molecule has 0 aliphatic rings. The van der Waals surface area contributed by atoms with Gasteiger partial charge in [-0.05, 0) is 70.6 Å². The summed E-state index contributed by atoms with van der Waals surface area (Å²) in [7, 11) is -4.77. The van der Waals surface area contributed by atoms with Gasteiger partial charge >= 0.3 is 19.8 Å². The highest BCUT2D eigenvalue weighted by Gasteiger charge is 2.22. The van der Waals surface area contributed by atoms with Crippen LogP contribution in [-0.2, 0) is 28.2 Å². The van der Waals surface area contributed by atoms with Crippen molar-refractivity contribution in [1.29, 1.82) is 0 Å². The molecule has 2 N–H and O–H groups in total. The summed E-state index contributed by atoms with van der Waals surface area (Å²) in [6.45, 7) is 3.66. The average molecular weight is 811 g/mol. The van der Waals surface area contributed by atoms with Gasteiger partial charge in [-0.2, -0.15) is 0 Å². The number of carbonyl (C=O) groups excluding carboxylic acids is 2.